The van der Waals surface area contributed by atoms with Crippen LogP contribution in [0.1, 0.15) is 0 Å². The van der Waals surface area contributed by atoms with Crippen LogP contribution in [0.4, 0.5) is 10.5 Å². The van der Waals surface area contributed by atoms with Crippen molar-refractivity contribution >= 4 is 33.2 Å². The molecule has 1 amide bonds. The minimum absolute atomic E-state index is 0.134. The Morgan fingerprint density at radius 1 is 1.20 bits per heavy atom. The summed E-state index contributed by atoms with van der Waals surface area (Å²) in [4.78, 5) is 11.0. The third-order valence-electron chi connectivity index (χ3n) is 2.23. The minimum Gasteiger partial charge on any atom is -0.453 e. The third-order valence-corrected chi connectivity index (χ3v) is 4.84. The van der Waals surface area contributed by atoms with Gasteiger partial charge in [-0.1, -0.05) is 6.07 Å². The van der Waals surface area contributed by atoms with Crippen LogP contribution in [0.25, 0.3) is 0 Å². The average Bonchev–Trinajstić information content (AvgIpc) is 2.95. The van der Waals surface area contributed by atoms with Crippen LogP contribution in [0.2, 0.25) is 0 Å². The summed E-state index contributed by atoms with van der Waals surface area (Å²) in [6.45, 7) is 0. The normalized spacial score (nSPS) is 10.8. The monoisotopic (exact) mass is 313 g/mol. The van der Waals surface area contributed by atoms with Crippen molar-refractivity contribution in [1.29, 1.82) is 0 Å². The number of ether oxygens (including phenoxy) is 1. The molecule has 2 aromatic rings. The van der Waals surface area contributed by atoms with Crippen LogP contribution >= 0.6 is 11.3 Å². The number of hydrogen-bond donors (Lipinski definition) is 1. The zero-order valence-electron chi connectivity index (χ0n) is 10.4. The van der Waals surface area contributed by atoms with E-state index in [1.165, 1.54) is 37.4 Å². The van der Waals surface area contributed by atoms with Crippen LogP contribution in [0.3, 0.4) is 0 Å². The molecule has 0 spiro atoms. The molecule has 0 fully saturated rings. The molecule has 0 atom stereocenters. The number of hydrogen-bond acceptors (Lipinski definition) is 6. The van der Waals surface area contributed by atoms with Crippen LogP contribution < -0.4 is 9.50 Å². The number of thiophene rings is 1. The zero-order valence-corrected chi connectivity index (χ0v) is 12.0. The second-order valence-electron chi connectivity index (χ2n) is 3.61. The van der Waals surface area contributed by atoms with E-state index >= 15 is 0 Å². The highest BCUT2D eigenvalue weighted by atomic mass is 32.3. The first kappa shape index (κ1) is 14.4. The SMILES string of the molecule is COC(=O)Nc1ccc(OS(=O)(=O)c2cccs2)cc1. The number of rotatable bonds is 4. The van der Waals surface area contributed by atoms with Crippen molar-refractivity contribution in [2.75, 3.05) is 12.4 Å². The van der Waals surface area contributed by atoms with E-state index in [1.54, 1.807) is 11.4 Å². The highest BCUT2D eigenvalue weighted by molar-refractivity contribution is 7.89. The number of amides is 1. The molecule has 2 rings (SSSR count). The molecule has 1 aromatic carbocycles. The first-order chi connectivity index (χ1) is 9.51. The molecule has 8 heteroatoms. The largest absolute Gasteiger partial charge is 0.453 e. The fourth-order valence-corrected chi connectivity index (χ4v) is 3.22. The second-order valence-corrected chi connectivity index (χ2v) is 6.33. The van der Waals surface area contributed by atoms with Crippen LogP contribution in [-0.4, -0.2) is 21.6 Å². The minimum atomic E-state index is -3.80. The molecule has 1 aromatic heterocycles. The summed E-state index contributed by atoms with van der Waals surface area (Å²) in [5.41, 5.74) is 0.470. The Bertz CT molecular complexity index is 677. The van der Waals surface area contributed by atoms with Gasteiger partial charge in [0.05, 0.1) is 7.11 Å². The third kappa shape index (κ3) is 3.49. The van der Waals surface area contributed by atoms with Crippen molar-refractivity contribution in [1.82, 2.24) is 0 Å². The molecule has 1 heterocycles. The quantitative estimate of drug-likeness (QED) is 0.878. The van der Waals surface area contributed by atoms with E-state index in [0.29, 0.717) is 5.69 Å². The van der Waals surface area contributed by atoms with Crippen molar-refractivity contribution in [2.45, 2.75) is 4.21 Å². The number of benzene rings is 1. The average molecular weight is 313 g/mol. The van der Waals surface area contributed by atoms with Crippen LogP contribution in [0.5, 0.6) is 5.75 Å². The maximum absolute atomic E-state index is 11.9. The summed E-state index contributed by atoms with van der Waals surface area (Å²) in [5.74, 6) is 0.161. The lowest BCUT2D eigenvalue weighted by atomic mass is 10.3. The summed E-state index contributed by atoms with van der Waals surface area (Å²) in [5, 5.41) is 4.10. The molecule has 0 aliphatic rings. The van der Waals surface area contributed by atoms with E-state index in [9.17, 15) is 13.2 Å². The van der Waals surface area contributed by atoms with Gasteiger partial charge in [0.25, 0.3) is 0 Å². The number of nitrogens with one attached hydrogen (secondary N) is 1. The topological polar surface area (TPSA) is 81.7 Å². The molecule has 20 heavy (non-hydrogen) atoms. The number of anilines is 1. The van der Waals surface area contributed by atoms with E-state index in [-0.39, 0.29) is 9.96 Å². The van der Waals surface area contributed by atoms with Gasteiger partial charge in [0.1, 0.15) is 5.75 Å². The van der Waals surface area contributed by atoms with Gasteiger partial charge in [0.2, 0.25) is 0 Å². The fourth-order valence-electron chi connectivity index (χ4n) is 1.34. The highest BCUT2D eigenvalue weighted by Crippen LogP contribution is 2.23. The Hall–Kier alpha value is -2.06. The van der Waals surface area contributed by atoms with E-state index in [0.717, 1.165) is 11.3 Å². The van der Waals surface area contributed by atoms with Gasteiger partial charge in [0, 0.05) is 5.69 Å². The van der Waals surface area contributed by atoms with Gasteiger partial charge >= 0.3 is 16.2 Å². The van der Waals surface area contributed by atoms with Crippen LogP contribution in [0.15, 0.2) is 46.0 Å². The van der Waals surface area contributed by atoms with Gasteiger partial charge in [-0.3, -0.25) is 5.32 Å². The smallest absolute Gasteiger partial charge is 0.411 e. The van der Waals surface area contributed by atoms with Gasteiger partial charge < -0.3 is 8.92 Å². The van der Waals surface area contributed by atoms with Gasteiger partial charge in [-0.05, 0) is 35.7 Å². The van der Waals surface area contributed by atoms with E-state index < -0.39 is 16.2 Å². The van der Waals surface area contributed by atoms with Crippen LogP contribution in [0, 0.1) is 0 Å². The lowest BCUT2D eigenvalue weighted by Gasteiger charge is -2.07. The summed E-state index contributed by atoms with van der Waals surface area (Å²) >= 11 is 1.08. The molecule has 1 N–H and O–H groups in total. The Morgan fingerprint density at radius 3 is 2.45 bits per heavy atom. The maximum atomic E-state index is 11.9. The predicted molar refractivity (Wildman–Crippen MR) is 74.6 cm³/mol. The number of carbonyl (C=O) groups is 1. The summed E-state index contributed by atoms with van der Waals surface area (Å²) < 4.78 is 33.3. The Balaban J connectivity index is 2.10. The molecule has 0 saturated carbocycles. The lowest BCUT2D eigenvalue weighted by molar-refractivity contribution is 0.187. The maximum Gasteiger partial charge on any atom is 0.411 e. The molecule has 0 aliphatic heterocycles. The molecule has 6 nitrogen and oxygen atoms in total. The fraction of sp³-hybridized carbons (Fsp3) is 0.0833. The summed E-state index contributed by atoms with van der Waals surface area (Å²) in [7, 11) is -2.55. The van der Waals surface area contributed by atoms with Gasteiger partial charge in [-0.25, -0.2) is 4.79 Å². The highest BCUT2D eigenvalue weighted by Gasteiger charge is 2.17. The van der Waals surface area contributed by atoms with E-state index in [4.69, 9.17) is 4.18 Å². The van der Waals surface area contributed by atoms with Gasteiger partial charge in [-0.15, -0.1) is 11.3 Å². The number of methoxy groups -OCH3 is 1. The predicted octanol–water partition coefficient (Wildman–Crippen LogP) is 2.69. The number of carbonyl (C=O) groups excluding carboxylic acids is 1. The van der Waals surface area contributed by atoms with Gasteiger partial charge in [0.15, 0.2) is 4.21 Å². The summed E-state index contributed by atoms with van der Waals surface area (Å²) in [6, 6.07) is 9.00. The Morgan fingerprint density at radius 2 is 1.90 bits per heavy atom. The Kier molecular flexibility index (Phi) is 4.26. The van der Waals surface area contributed by atoms with E-state index in [2.05, 4.69) is 10.1 Å². The van der Waals surface area contributed by atoms with Crippen molar-refractivity contribution in [3.63, 3.8) is 0 Å². The first-order valence-electron chi connectivity index (χ1n) is 5.44. The molecule has 0 radical (unpaired) electrons. The molecule has 0 saturated heterocycles. The first-order valence-corrected chi connectivity index (χ1v) is 7.73. The molecular formula is C12H11NO5S2. The van der Waals surface area contributed by atoms with E-state index in [1.807, 2.05) is 0 Å². The van der Waals surface area contributed by atoms with Crippen LogP contribution in [-0.2, 0) is 14.9 Å². The Labute approximate surface area is 120 Å². The summed E-state index contributed by atoms with van der Waals surface area (Å²) in [6.07, 6.45) is -0.607. The molecule has 0 bridgehead atoms. The van der Waals surface area contributed by atoms with Crippen molar-refractivity contribution in [3.05, 3.63) is 41.8 Å². The zero-order chi connectivity index (χ0) is 14.6. The van der Waals surface area contributed by atoms with Gasteiger partial charge in [-0.2, -0.15) is 8.42 Å². The standard InChI is InChI=1S/C12H11NO5S2/c1-17-12(14)13-9-4-6-10(7-5-9)18-20(15,16)11-3-2-8-19-11/h2-8H,1H3,(H,13,14). The van der Waals surface area contributed by atoms with Crippen molar-refractivity contribution in [2.24, 2.45) is 0 Å². The second kappa shape index (κ2) is 5.93. The van der Waals surface area contributed by atoms with Crippen molar-refractivity contribution < 1.29 is 22.1 Å². The molecule has 106 valence electrons. The lowest BCUT2D eigenvalue weighted by Crippen LogP contribution is -2.11. The molecule has 0 aliphatic carbocycles. The molecular weight excluding hydrogens is 302 g/mol. The van der Waals surface area contributed by atoms with Crippen molar-refractivity contribution in [3.8, 4) is 5.75 Å². The molecule has 0 unspecified atom stereocenters.